The minimum absolute atomic E-state index is 0.144. The van der Waals surface area contributed by atoms with E-state index in [9.17, 15) is 19.2 Å². The number of rotatable bonds is 11. The van der Waals surface area contributed by atoms with Gasteiger partial charge in [0.15, 0.2) is 0 Å². The number of nitrogens with one attached hydrogen (secondary N) is 2. The van der Waals surface area contributed by atoms with Crippen LogP contribution in [-0.2, 0) is 46.5 Å². The third-order valence-electron chi connectivity index (χ3n) is 7.23. The minimum Gasteiger partial charge on any atom is -0.481 e. The fraction of sp³-hybridized carbons (Fsp3) is 0.467. The van der Waals surface area contributed by atoms with Gasteiger partial charge in [0, 0.05) is 0 Å². The lowest BCUT2D eigenvalue weighted by Gasteiger charge is -2.44. The Balaban J connectivity index is 0.000000231. The fourth-order valence-corrected chi connectivity index (χ4v) is 4.16. The predicted octanol–water partition coefficient (Wildman–Crippen LogP) is 3.28. The monoisotopic (exact) mass is 586 g/mol. The van der Waals surface area contributed by atoms with Gasteiger partial charge in [0.05, 0.1) is 44.9 Å². The summed E-state index contributed by atoms with van der Waals surface area (Å²) >= 11 is 0. The largest absolute Gasteiger partial charge is 0.481 e. The summed E-state index contributed by atoms with van der Waals surface area (Å²) < 4.78 is 25.5. The molecule has 0 spiro atoms. The number of ether oxygens (including phenoxy) is 5. The molecule has 12 heteroatoms. The van der Waals surface area contributed by atoms with Crippen LogP contribution in [0.5, 0.6) is 0 Å². The maximum absolute atomic E-state index is 12.0. The first kappa shape index (κ1) is 32.4. The van der Waals surface area contributed by atoms with Crippen molar-refractivity contribution in [2.24, 2.45) is 11.8 Å². The molecule has 2 aliphatic rings. The van der Waals surface area contributed by atoms with Crippen molar-refractivity contribution in [2.75, 3.05) is 33.0 Å². The molecule has 2 aromatic carbocycles. The molecule has 42 heavy (non-hydrogen) atoms. The molecule has 0 saturated carbocycles. The SMILES string of the molecule is CC(C(=O)O)C1(NC(=O)OCc2ccccc2)COC1.CCOC(=O)C(C)C1(NC(=O)OCc2ccccc2)COC1. The first-order valence-electron chi connectivity index (χ1n) is 13.6. The van der Waals surface area contributed by atoms with E-state index in [2.05, 4.69) is 10.6 Å². The Labute approximate surface area is 244 Å². The summed E-state index contributed by atoms with van der Waals surface area (Å²) in [4.78, 5) is 46.7. The van der Waals surface area contributed by atoms with Crippen LogP contribution in [0.1, 0.15) is 31.9 Å². The molecule has 2 fully saturated rings. The van der Waals surface area contributed by atoms with E-state index in [0.717, 1.165) is 11.1 Å². The van der Waals surface area contributed by atoms with Gasteiger partial charge in [-0.25, -0.2) is 9.59 Å². The third-order valence-corrected chi connectivity index (χ3v) is 7.23. The molecular weight excluding hydrogens is 548 g/mol. The summed E-state index contributed by atoms with van der Waals surface area (Å²) in [5, 5.41) is 14.4. The van der Waals surface area contributed by atoms with Crippen LogP contribution in [0.2, 0.25) is 0 Å². The molecule has 2 amide bonds. The lowest BCUT2D eigenvalue weighted by atomic mass is 9.83. The highest BCUT2D eigenvalue weighted by Gasteiger charge is 2.50. The van der Waals surface area contributed by atoms with Crippen molar-refractivity contribution in [3.8, 4) is 0 Å². The molecule has 4 rings (SSSR count). The van der Waals surface area contributed by atoms with Crippen molar-refractivity contribution in [3.05, 3.63) is 71.8 Å². The van der Waals surface area contributed by atoms with E-state index >= 15 is 0 Å². The Morgan fingerprint density at radius 1 is 0.738 bits per heavy atom. The molecule has 2 aromatic rings. The van der Waals surface area contributed by atoms with Gasteiger partial charge in [-0.15, -0.1) is 0 Å². The van der Waals surface area contributed by atoms with Crippen LogP contribution in [0.4, 0.5) is 9.59 Å². The number of carbonyl (C=O) groups is 4. The summed E-state index contributed by atoms with van der Waals surface area (Å²) in [6, 6.07) is 18.7. The highest BCUT2D eigenvalue weighted by Crippen LogP contribution is 2.28. The number of carboxylic acids is 1. The zero-order chi connectivity index (χ0) is 30.6. The van der Waals surface area contributed by atoms with Crippen LogP contribution < -0.4 is 10.6 Å². The van der Waals surface area contributed by atoms with Gasteiger partial charge < -0.3 is 39.4 Å². The van der Waals surface area contributed by atoms with Crippen molar-refractivity contribution in [2.45, 2.75) is 45.1 Å². The smallest absolute Gasteiger partial charge is 0.408 e. The highest BCUT2D eigenvalue weighted by atomic mass is 16.6. The van der Waals surface area contributed by atoms with Crippen molar-refractivity contribution in [1.82, 2.24) is 10.6 Å². The van der Waals surface area contributed by atoms with Gasteiger partial charge in [-0.2, -0.15) is 0 Å². The van der Waals surface area contributed by atoms with E-state index in [1.54, 1.807) is 20.8 Å². The second-order valence-electron chi connectivity index (χ2n) is 10.2. The number of hydrogen-bond donors (Lipinski definition) is 3. The number of benzene rings is 2. The molecule has 2 atom stereocenters. The van der Waals surface area contributed by atoms with Crippen molar-refractivity contribution < 1.29 is 48.0 Å². The van der Waals surface area contributed by atoms with Crippen LogP contribution in [0.15, 0.2) is 60.7 Å². The van der Waals surface area contributed by atoms with Gasteiger partial charge >= 0.3 is 24.1 Å². The lowest BCUT2D eigenvalue weighted by molar-refractivity contribution is -0.162. The molecule has 0 aromatic heterocycles. The molecule has 2 heterocycles. The maximum Gasteiger partial charge on any atom is 0.408 e. The van der Waals surface area contributed by atoms with Crippen LogP contribution in [0.25, 0.3) is 0 Å². The zero-order valence-electron chi connectivity index (χ0n) is 24.0. The summed E-state index contributed by atoms with van der Waals surface area (Å²) in [6.07, 6.45) is -1.20. The molecule has 3 N–H and O–H groups in total. The Bertz CT molecular complexity index is 1180. The zero-order valence-corrected chi connectivity index (χ0v) is 24.0. The Hall–Kier alpha value is -4.16. The molecule has 12 nitrogen and oxygen atoms in total. The molecule has 0 radical (unpaired) electrons. The van der Waals surface area contributed by atoms with Gasteiger partial charge in [0.25, 0.3) is 0 Å². The Morgan fingerprint density at radius 3 is 1.48 bits per heavy atom. The average Bonchev–Trinajstić information content (AvgIpc) is 2.95. The van der Waals surface area contributed by atoms with E-state index in [1.807, 2.05) is 60.7 Å². The van der Waals surface area contributed by atoms with Crippen LogP contribution in [0, 0.1) is 11.8 Å². The second-order valence-corrected chi connectivity index (χ2v) is 10.2. The standard InChI is InChI=1S/C16H21NO5.C14H17NO5/c1-3-21-14(18)12(2)16(10-20-11-16)17-15(19)22-9-13-7-5-4-6-8-13;1-10(12(16)17)14(8-19-9-14)15-13(18)20-7-11-5-3-2-4-6-11/h4-8,12H,3,9-11H2,1-2H3,(H,17,19);2-6,10H,7-9H2,1H3,(H,15,18)(H,16,17). The van der Waals surface area contributed by atoms with Gasteiger partial charge in [-0.05, 0) is 31.9 Å². The van der Waals surface area contributed by atoms with Crippen LogP contribution in [0.3, 0.4) is 0 Å². The number of hydrogen-bond acceptors (Lipinski definition) is 9. The number of amides is 2. The van der Waals surface area contributed by atoms with Crippen LogP contribution in [-0.4, -0.2) is 73.3 Å². The number of alkyl carbamates (subject to hydrolysis) is 2. The number of carbonyl (C=O) groups excluding carboxylic acids is 3. The predicted molar refractivity (Wildman–Crippen MR) is 149 cm³/mol. The highest BCUT2D eigenvalue weighted by molar-refractivity contribution is 5.77. The summed E-state index contributed by atoms with van der Waals surface area (Å²) in [5.74, 6) is -2.56. The first-order chi connectivity index (χ1) is 20.1. The van der Waals surface area contributed by atoms with Gasteiger partial charge in [0.2, 0.25) is 0 Å². The Morgan fingerprint density at radius 2 is 1.14 bits per heavy atom. The average molecular weight is 587 g/mol. The van der Waals surface area contributed by atoms with E-state index in [4.69, 9.17) is 28.8 Å². The summed E-state index contributed by atoms with van der Waals surface area (Å²) in [6.45, 7) is 6.54. The first-order valence-corrected chi connectivity index (χ1v) is 13.6. The molecule has 2 aliphatic heterocycles. The number of carboxylic acid groups (broad SMARTS) is 1. The summed E-state index contributed by atoms with van der Waals surface area (Å²) in [5.41, 5.74) is 0.141. The van der Waals surface area contributed by atoms with Crippen molar-refractivity contribution in [1.29, 1.82) is 0 Å². The third kappa shape index (κ3) is 8.67. The van der Waals surface area contributed by atoms with E-state index in [-0.39, 0.29) is 45.6 Å². The second kappa shape index (κ2) is 15.2. The van der Waals surface area contributed by atoms with E-state index in [0.29, 0.717) is 6.61 Å². The van der Waals surface area contributed by atoms with Gasteiger partial charge in [0.1, 0.15) is 24.3 Å². The van der Waals surface area contributed by atoms with Crippen LogP contribution >= 0.6 is 0 Å². The molecule has 228 valence electrons. The lowest BCUT2D eigenvalue weighted by Crippen LogP contribution is -2.67. The quantitative estimate of drug-likeness (QED) is 0.263. The minimum atomic E-state index is -0.975. The molecule has 2 saturated heterocycles. The molecule has 0 bridgehead atoms. The molecular formula is C30H38N2O10. The van der Waals surface area contributed by atoms with Crippen molar-refractivity contribution in [3.63, 3.8) is 0 Å². The normalized spacial score (nSPS) is 17.3. The fourth-order valence-electron chi connectivity index (χ4n) is 4.16. The maximum atomic E-state index is 12.0. The van der Waals surface area contributed by atoms with Crippen molar-refractivity contribution >= 4 is 24.1 Å². The van der Waals surface area contributed by atoms with E-state index in [1.165, 1.54) is 0 Å². The topological polar surface area (TPSA) is 159 Å². The van der Waals surface area contributed by atoms with E-state index < -0.39 is 41.1 Å². The molecule has 2 unspecified atom stereocenters. The number of aliphatic carboxylic acids is 1. The summed E-state index contributed by atoms with van der Waals surface area (Å²) in [7, 11) is 0. The van der Waals surface area contributed by atoms with Gasteiger partial charge in [-0.1, -0.05) is 60.7 Å². The Kier molecular flexibility index (Phi) is 11.7. The molecule has 0 aliphatic carbocycles. The number of esters is 1. The van der Waals surface area contributed by atoms with Gasteiger partial charge in [-0.3, -0.25) is 9.59 Å².